The van der Waals surface area contributed by atoms with Crippen LogP contribution in [0.3, 0.4) is 0 Å². The number of ether oxygens (including phenoxy) is 2. The lowest BCUT2D eigenvalue weighted by molar-refractivity contribution is -0.129. The van der Waals surface area contributed by atoms with Crippen molar-refractivity contribution < 1.29 is 14.3 Å². The lowest BCUT2D eigenvalue weighted by atomic mass is 9.88. The zero-order chi connectivity index (χ0) is 22.9. The monoisotopic (exact) mass is 431 g/mol. The summed E-state index contributed by atoms with van der Waals surface area (Å²) in [5, 5.41) is 0. The minimum Gasteiger partial charge on any atom is -0.497 e. The van der Waals surface area contributed by atoms with E-state index in [0.29, 0.717) is 13.1 Å². The molecule has 0 aliphatic carbocycles. The van der Waals surface area contributed by atoms with E-state index in [1.165, 1.54) is 11.1 Å². The van der Waals surface area contributed by atoms with Crippen LogP contribution in [-0.4, -0.2) is 30.6 Å². The molecule has 0 fully saturated rings. The normalized spacial score (nSPS) is 11.8. The molecule has 0 spiro atoms. The van der Waals surface area contributed by atoms with Gasteiger partial charge in [-0.05, 0) is 61.2 Å². The third-order valence-electron chi connectivity index (χ3n) is 5.52. The Morgan fingerprint density at radius 1 is 0.844 bits per heavy atom. The number of hydrogen-bond acceptors (Lipinski definition) is 3. The van der Waals surface area contributed by atoms with Crippen molar-refractivity contribution >= 4 is 5.91 Å². The Balaban J connectivity index is 1.76. The quantitative estimate of drug-likeness (QED) is 0.392. The topological polar surface area (TPSA) is 38.8 Å². The van der Waals surface area contributed by atoms with Gasteiger partial charge in [-0.1, -0.05) is 54.6 Å². The molecule has 4 heteroatoms. The van der Waals surface area contributed by atoms with Gasteiger partial charge < -0.3 is 14.4 Å². The molecule has 0 bridgehead atoms. The summed E-state index contributed by atoms with van der Waals surface area (Å²) in [7, 11) is 1.65. The van der Waals surface area contributed by atoms with E-state index < -0.39 is 0 Å². The van der Waals surface area contributed by atoms with Crippen LogP contribution in [0.1, 0.15) is 49.8 Å². The maximum Gasteiger partial charge on any atom is 0.219 e. The molecule has 168 valence electrons. The number of methoxy groups -OCH3 is 1. The van der Waals surface area contributed by atoms with Crippen LogP contribution in [0.5, 0.6) is 11.5 Å². The van der Waals surface area contributed by atoms with Crippen LogP contribution in [0.2, 0.25) is 0 Å². The van der Waals surface area contributed by atoms with Crippen LogP contribution in [0.25, 0.3) is 0 Å². The lowest BCUT2D eigenvalue weighted by Gasteiger charge is -2.25. The van der Waals surface area contributed by atoms with Gasteiger partial charge in [0.2, 0.25) is 5.91 Å². The summed E-state index contributed by atoms with van der Waals surface area (Å²) in [5.41, 5.74) is 3.56. The van der Waals surface area contributed by atoms with Crippen LogP contribution >= 0.6 is 0 Å². The summed E-state index contributed by atoms with van der Waals surface area (Å²) >= 11 is 0. The molecule has 0 N–H and O–H groups in total. The molecule has 0 unspecified atom stereocenters. The van der Waals surface area contributed by atoms with E-state index in [1.807, 2.05) is 61.2 Å². The summed E-state index contributed by atoms with van der Waals surface area (Å²) in [5.74, 6) is 1.97. The largest absolute Gasteiger partial charge is 0.497 e. The summed E-state index contributed by atoms with van der Waals surface area (Å²) in [6.07, 6.45) is 0.984. The van der Waals surface area contributed by atoms with E-state index in [1.54, 1.807) is 14.0 Å². The third-order valence-corrected chi connectivity index (χ3v) is 5.52. The second-order valence-electron chi connectivity index (χ2n) is 8.28. The molecular formula is C28H33NO3. The van der Waals surface area contributed by atoms with Gasteiger partial charge in [-0.2, -0.15) is 0 Å². The first-order valence-corrected chi connectivity index (χ1v) is 11.2. The van der Waals surface area contributed by atoms with Crippen molar-refractivity contribution in [3.63, 3.8) is 0 Å². The molecule has 0 aromatic heterocycles. The zero-order valence-electron chi connectivity index (χ0n) is 19.5. The Morgan fingerprint density at radius 2 is 1.44 bits per heavy atom. The summed E-state index contributed by atoms with van der Waals surface area (Å²) < 4.78 is 11.0. The first-order valence-electron chi connectivity index (χ1n) is 11.2. The number of hydrogen-bond donors (Lipinski definition) is 0. The highest BCUT2D eigenvalue weighted by Crippen LogP contribution is 2.30. The van der Waals surface area contributed by atoms with Gasteiger partial charge in [-0.15, -0.1) is 0 Å². The van der Waals surface area contributed by atoms with Gasteiger partial charge >= 0.3 is 0 Å². The number of carbonyl (C=O) groups is 1. The van der Waals surface area contributed by atoms with E-state index in [4.69, 9.17) is 9.47 Å². The van der Waals surface area contributed by atoms with Crippen molar-refractivity contribution in [2.75, 3.05) is 13.7 Å². The maximum absolute atomic E-state index is 12.4. The van der Waals surface area contributed by atoms with Crippen molar-refractivity contribution in [1.82, 2.24) is 4.90 Å². The van der Waals surface area contributed by atoms with Gasteiger partial charge in [0, 0.05) is 25.9 Å². The lowest BCUT2D eigenvalue weighted by Crippen LogP contribution is -2.30. The molecule has 0 aliphatic heterocycles. The van der Waals surface area contributed by atoms with E-state index in [-0.39, 0.29) is 17.9 Å². The van der Waals surface area contributed by atoms with Crippen molar-refractivity contribution in [2.24, 2.45) is 0 Å². The number of amides is 1. The number of nitrogens with zero attached hydrogens (tertiary/aromatic N) is 1. The fourth-order valence-corrected chi connectivity index (χ4v) is 3.85. The molecule has 0 aliphatic rings. The van der Waals surface area contributed by atoms with E-state index in [0.717, 1.165) is 23.5 Å². The Kier molecular flexibility index (Phi) is 8.32. The Morgan fingerprint density at radius 3 is 2.00 bits per heavy atom. The van der Waals surface area contributed by atoms with Gasteiger partial charge in [0.05, 0.1) is 13.2 Å². The summed E-state index contributed by atoms with van der Waals surface area (Å²) in [6, 6.07) is 26.7. The van der Waals surface area contributed by atoms with Gasteiger partial charge in [-0.3, -0.25) is 4.79 Å². The molecule has 0 saturated heterocycles. The molecular weight excluding hydrogens is 398 g/mol. The molecule has 0 saturated carbocycles. The van der Waals surface area contributed by atoms with Crippen LogP contribution in [0.15, 0.2) is 78.9 Å². The molecule has 3 aromatic carbocycles. The van der Waals surface area contributed by atoms with Gasteiger partial charge in [0.15, 0.2) is 0 Å². The van der Waals surface area contributed by atoms with E-state index in [9.17, 15) is 4.79 Å². The average Bonchev–Trinajstić information content (AvgIpc) is 2.80. The predicted octanol–water partition coefficient (Wildman–Crippen LogP) is 6.05. The highest BCUT2D eigenvalue weighted by Gasteiger charge is 2.18. The SMILES string of the molecule is COc1ccc(CN(CC[C@H](c2ccccc2)c2ccc(OC(C)C)cc2)C(C)=O)cc1. The van der Waals surface area contributed by atoms with E-state index in [2.05, 4.69) is 36.4 Å². The molecule has 0 heterocycles. The highest BCUT2D eigenvalue weighted by molar-refractivity contribution is 5.73. The Hall–Kier alpha value is -3.27. The highest BCUT2D eigenvalue weighted by atomic mass is 16.5. The first-order chi connectivity index (χ1) is 15.5. The smallest absolute Gasteiger partial charge is 0.219 e. The minimum absolute atomic E-state index is 0.0771. The molecule has 4 nitrogen and oxygen atoms in total. The number of benzene rings is 3. The summed E-state index contributed by atoms with van der Waals surface area (Å²) in [6.45, 7) is 6.95. The van der Waals surface area contributed by atoms with Gasteiger partial charge in [0.25, 0.3) is 0 Å². The molecule has 0 radical (unpaired) electrons. The second kappa shape index (κ2) is 11.4. The summed E-state index contributed by atoms with van der Waals surface area (Å²) in [4.78, 5) is 14.3. The standard InChI is InChI=1S/C28H33NO3/c1-21(2)32-27-16-12-25(13-17-27)28(24-8-6-5-7-9-24)18-19-29(22(3)30)20-23-10-14-26(31-4)15-11-23/h5-17,21,28H,18-20H2,1-4H3/t28-/m1/s1. The maximum atomic E-state index is 12.4. The van der Waals surface area contributed by atoms with Crippen molar-refractivity contribution in [2.45, 2.75) is 45.8 Å². The fraction of sp³-hybridized carbons (Fsp3) is 0.321. The average molecular weight is 432 g/mol. The van der Waals surface area contributed by atoms with Crippen LogP contribution in [0.4, 0.5) is 0 Å². The van der Waals surface area contributed by atoms with Crippen molar-refractivity contribution in [3.8, 4) is 11.5 Å². The van der Waals surface area contributed by atoms with Gasteiger partial charge in [0.1, 0.15) is 11.5 Å². The molecule has 1 amide bonds. The second-order valence-corrected chi connectivity index (χ2v) is 8.28. The molecule has 3 aromatic rings. The Bertz CT molecular complexity index is 966. The molecule has 1 atom stereocenters. The molecule has 32 heavy (non-hydrogen) atoms. The minimum atomic E-state index is 0.0771. The fourth-order valence-electron chi connectivity index (χ4n) is 3.85. The van der Waals surface area contributed by atoms with Crippen molar-refractivity contribution in [3.05, 3.63) is 95.6 Å². The number of carbonyl (C=O) groups excluding carboxylic acids is 1. The third kappa shape index (κ3) is 6.61. The zero-order valence-corrected chi connectivity index (χ0v) is 19.5. The predicted molar refractivity (Wildman–Crippen MR) is 129 cm³/mol. The van der Waals surface area contributed by atoms with Gasteiger partial charge in [-0.25, -0.2) is 0 Å². The van der Waals surface area contributed by atoms with E-state index >= 15 is 0 Å². The van der Waals surface area contributed by atoms with Crippen LogP contribution < -0.4 is 9.47 Å². The molecule has 3 rings (SSSR count). The van der Waals surface area contributed by atoms with Crippen LogP contribution in [-0.2, 0) is 11.3 Å². The number of rotatable bonds is 10. The van der Waals surface area contributed by atoms with Crippen LogP contribution in [0, 0.1) is 0 Å². The first kappa shape index (κ1) is 23.4. The Labute approximate surface area is 191 Å². The van der Waals surface area contributed by atoms with Crippen molar-refractivity contribution in [1.29, 1.82) is 0 Å².